The fraction of sp³-hybridized carbons (Fsp3) is 0.417. The summed E-state index contributed by atoms with van der Waals surface area (Å²) in [6.45, 7) is 1.51. The lowest BCUT2D eigenvalue weighted by Crippen LogP contribution is -2.33. The van der Waals surface area contributed by atoms with Crippen molar-refractivity contribution in [2.45, 2.75) is 9.79 Å². The maximum absolute atomic E-state index is 13.0. The standard InChI is InChI=1S/C24H30Br4N4O8S2/c1-29(2)7-9-31(5)41(35,36)15-11-17(25)21(18(26)12-15)39-23(33)24(34)40-22-19(27)13-16(14-20(22)28)42(37,38)32(6)10-8-30(3)4/h11-14H,7-10H2,1-6H3. The van der Waals surface area contributed by atoms with Gasteiger partial charge in [-0.15, -0.1) is 0 Å². The van der Waals surface area contributed by atoms with Crippen LogP contribution in [0.4, 0.5) is 0 Å². The minimum Gasteiger partial charge on any atom is -0.416 e. The molecule has 0 heterocycles. The smallest absolute Gasteiger partial charge is 0.416 e. The molecule has 0 aliphatic rings. The average Bonchev–Trinajstić information content (AvgIpc) is 2.88. The highest BCUT2D eigenvalue weighted by molar-refractivity contribution is 9.11. The Kier molecular flexibility index (Phi) is 13.6. The molecule has 12 nitrogen and oxygen atoms in total. The van der Waals surface area contributed by atoms with Crippen LogP contribution in [0.1, 0.15) is 0 Å². The first kappa shape index (κ1) is 37.2. The van der Waals surface area contributed by atoms with E-state index in [9.17, 15) is 26.4 Å². The number of carbonyl (C=O) groups is 2. The van der Waals surface area contributed by atoms with Gasteiger partial charge in [-0.05, 0) is 116 Å². The molecule has 0 aliphatic carbocycles. The molecule has 0 aliphatic heterocycles. The number of benzene rings is 2. The fourth-order valence-corrected chi connectivity index (χ4v) is 8.85. The molecule has 0 atom stereocenters. The highest BCUT2D eigenvalue weighted by atomic mass is 79.9. The first-order valence-corrected chi connectivity index (χ1v) is 18.0. The molecule has 42 heavy (non-hydrogen) atoms. The van der Waals surface area contributed by atoms with E-state index in [0.29, 0.717) is 13.1 Å². The van der Waals surface area contributed by atoms with Crippen molar-refractivity contribution in [1.29, 1.82) is 0 Å². The van der Waals surface area contributed by atoms with Crippen LogP contribution >= 0.6 is 63.7 Å². The molecule has 0 spiro atoms. The highest BCUT2D eigenvalue weighted by Gasteiger charge is 2.29. The molecule has 0 amide bonds. The van der Waals surface area contributed by atoms with Gasteiger partial charge in [0, 0.05) is 40.3 Å². The summed E-state index contributed by atoms with van der Waals surface area (Å²) in [6.07, 6.45) is 0. The molecule has 0 radical (unpaired) electrons. The second-order valence-corrected chi connectivity index (χ2v) is 17.0. The van der Waals surface area contributed by atoms with Gasteiger partial charge in [0.25, 0.3) is 0 Å². The number of rotatable bonds is 12. The van der Waals surface area contributed by atoms with Gasteiger partial charge >= 0.3 is 11.9 Å². The SMILES string of the molecule is CN(C)CCN(C)S(=O)(=O)c1cc(Br)c(OC(=O)C(=O)Oc2c(Br)cc(S(=O)(=O)N(C)CCN(C)C)cc2Br)c(Br)c1. The van der Waals surface area contributed by atoms with Gasteiger partial charge in [0.05, 0.1) is 27.7 Å². The van der Waals surface area contributed by atoms with Gasteiger partial charge in [-0.2, -0.15) is 8.61 Å². The van der Waals surface area contributed by atoms with Crippen molar-refractivity contribution in [3.8, 4) is 11.5 Å². The first-order valence-electron chi connectivity index (χ1n) is 11.9. The lowest BCUT2D eigenvalue weighted by molar-refractivity contribution is -0.156. The fourth-order valence-electron chi connectivity index (χ4n) is 3.12. The molecule has 2 aromatic rings. The van der Waals surface area contributed by atoms with Crippen molar-refractivity contribution >= 4 is 95.7 Å². The van der Waals surface area contributed by atoms with E-state index >= 15 is 0 Å². The minimum absolute atomic E-state index is 0.0693. The number of ether oxygens (including phenoxy) is 2. The van der Waals surface area contributed by atoms with E-state index in [1.54, 1.807) is 0 Å². The van der Waals surface area contributed by atoms with Gasteiger partial charge in [0.15, 0.2) is 11.5 Å². The topological polar surface area (TPSA) is 134 Å². The molecule has 0 N–H and O–H groups in total. The molecule has 0 aromatic heterocycles. The van der Waals surface area contributed by atoms with Gasteiger partial charge in [0.1, 0.15) is 0 Å². The molecule has 0 fully saturated rings. The summed E-state index contributed by atoms with van der Waals surface area (Å²) in [5.74, 6) is -3.11. The molecule has 0 saturated heterocycles. The Labute approximate surface area is 279 Å². The van der Waals surface area contributed by atoms with Gasteiger partial charge in [-0.25, -0.2) is 26.4 Å². The van der Waals surface area contributed by atoms with Crippen molar-refractivity contribution in [3.05, 3.63) is 42.2 Å². The lowest BCUT2D eigenvalue weighted by atomic mass is 10.3. The zero-order valence-electron chi connectivity index (χ0n) is 23.5. The molecular formula is C24H30Br4N4O8S2. The normalized spacial score (nSPS) is 12.4. The predicted molar refractivity (Wildman–Crippen MR) is 172 cm³/mol. The third-order valence-electron chi connectivity index (χ3n) is 5.64. The highest BCUT2D eigenvalue weighted by Crippen LogP contribution is 2.38. The molecule has 0 saturated carbocycles. The monoisotopic (exact) mass is 882 g/mol. The van der Waals surface area contributed by atoms with E-state index in [2.05, 4.69) is 63.7 Å². The predicted octanol–water partition coefficient (Wildman–Crippen LogP) is 3.61. The van der Waals surface area contributed by atoms with Gasteiger partial charge in [-0.1, -0.05) is 0 Å². The number of esters is 2. The second-order valence-electron chi connectivity index (χ2n) is 9.47. The molecule has 0 unspecified atom stereocenters. The number of nitrogens with zero attached hydrogens (tertiary/aromatic N) is 4. The number of hydrogen-bond acceptors (Lipinski definition) is 10. The summed E-state index contributed by atoms with van der Waals surface area (Å²) in [7, 11) is 2.48. The minimum atomic E-state index is -3.86. The number of hydrogen-bond donors (Lipinski definition) is 0. The van der Waals surface area contributed by atoms with Crippen LogP contribution in [0.25, 0.3) is 0 Å². The number of halogens is 4. The molecular weight excluding hydrogens is 856 g/mol. The van der Waals surface area contributed by atoms with Crippen molar-refractivity contribution < 1.29 is 35.9 Å². The van der Waals surface area contributed by atoms with E-state index in [1.807, 2.05) is 38.0 Å². The summed E-state index contributed by atoms with van der Waals surface area (Å²) in [5.41, 5.74) is 0. The van der Waals surface area contributed by atoms with Gasteiger partial charge < -0.3 is 19.3 Å². The zero-order valence-corrected chi connectivity index (χ0v) is 31.5. The summed E-state index contributed by atoms with van der Waals surface area (Å²) >= 11 is 12.8. The Hall–Kier alpha value is -0.960. The number of carbonyl (C=O) groups excluding carboxylic acids is 2. The van der Waals surface area contributed by atoms with Gasteiger partial charge in [0.2, 0.25) is 20.0 Å². The zero-order chi connectivity index (χ0) is 32.2. The Bertz CT molecular complexity index is 1390. The second kappa shape index (κ2) is 15.4. The van der Waals surface area contributed by atoms with E-state index in [1.165, 1.54) is 47.0 Å². The largest absolute Gasteiger partial charge is 0.423 e. The van der Waals surface area contributed by atoms with Crippen LogP contribution in [0.15, 0.2) is 51.9 Å². The Balaban J connectivity index is 2.23. The van der Waals surface area contributed by atoms with Crippen LogP contribution in [-0.2, 0) is 29.6 Å². The average molecular weight is 886 g/mol. The Morgan fingerprint density at radius 3 is 1.07 bits per heavy atom. The Morgan fingerprint density at radius 2 is 0.833 bits per heavy atom. The maximum atomic E-state index is 13.0. The molecule has 2 rings (SSSR count). The summed E-state index contributed by atoms with van der Waals surface area (Å²) < 4.78 is 65.0. The molecule has 0 bridgehead atoms. The summed E-state index contributed by atoms with van der Waals surface area (Å²) in [6, 6.07) is 5.01. The van der Waals surface area contributed by atoms with Crippen LogP contribution in [-0.4, -0.2) is 116 Å². The van der Waals surface area contributed by atoms with E-state index in [0.717, 1.165) is 0 Å². The van der Waals surface area contributed by atoms with Gasteiger partial charge in [-0.3, -0.25) is 0 Å². The van der Waals surface area contributed by atoms with Crippen molar-refractivity contribution in [2.75, 3.05) is 68.5 Å². The van der Waals surface area contributed by atoms with Crippen LogP contribution in [0.5, 0.6) is 11.5 Å². The quantitative estimate of drug-likeness (QED) is 0.177. The maximum Gasteiger partial charge on any atom is 0.423 e. The summed E-state index contributed by atoms with van der Waals surface area (Å²) in [5, 5.41) is 0. The first-order chi connectivity index (χ1) is 19.3. The van der Waals surface area contributed by atoms with Crippen LogP contribution < -0.4 is 9.47 Å². The number of likely N-dealkylation sites (N-methyl/N-ethyl adjacent to an activating group) is 4. The van der Waals surface area contributed by atoms with E-state index in [-0.39, 0.29) is 52.3 Å². The third kappa shape index (κ3) is 9.52. The molecule has 234 valence electrons. The van der Waals surface area contributed by atoms with Crippen LogP contribution in [0.2, 0.25) is 0 Å². The van der Waals surface area contributed by atoms with Crippen LogP contribution in [0.3, 0.4) is 0 Å². The van der Waals surface area contributed by atoms with Crippen molar-refractivity contribution in [1.82, 2.24) is 18.4 Å². The van der Waals surface area contributed by atoms with Crippen molar-refractivity contribution in [2.24, 2.45) is 0 Å². The third-order valence-corrected chi connectivity index (χ3v) is 11.7. The lowest BCUT2D eigenvalue weighted by Gasteiger charge is -2.20. The van der Waals surface area contributed by atoms with Crippen molar-refractivity contribution in [3.63, 3.8) is 0 Å². The summed E-state index contributed by atoms with van der Waals surface area (Å²) in [4.78, 5) is 28.8. The van der Waals surface area contributed by atoms with E-state index < -0.39 is 32.0 Å². The Morgan fingerprint density at radius 1 is 0.571 bits per heavy atom. The molecule has 18 heteroatoms. The number of sulfonamides is 2. The molecule has 2 aromatic carbocycles. The van der Waals surface area contributed by atoms with E-state index in [4.69, 9.17) is 9.47 Å². The van der Waals surface area contributed by atoms with Crippen LogP contribution in [0, 0.1) is 0 Å².